The number of fused-ring (bicyclic) bond motifs is 7. The molecule has 9 rings (SSSR count). The minimum atomic E-state index is 0.672. The van der Waals surface area contributed by atoms with Crippen LogP contribution in [0.2, 0.25) is 0 Å². The molecular formula is C41H27N3. The molecule has 7 aromatic carbocycles. The van der Waals surface area contributed by atoms with Crippen LogP contribution in [0, 0.1) is 13.8 Å². The SMILES string of the molecule is Cc1ccc(-c2nc(-c3ccc(C)cc3)nc(-c3cc4c5cccc6c5c(cc4c4ccccc34)-c3ccccc3-6)n2)cc1. The van der Waals surface area contributed by atoms with Gasteiger partial charge in [0.05, 0.1) is 0 Å². The van der Waals surface area contributed by atoms with E-state index in [0.29, 0.717) is 17.5 Å². The van der Waals surface area contributed by atoms with E-state index in [1.165, 1.54) is 60.3 Å². The van der Waals surface area contributed by atoms with Crippen molar-refractivity contribution < 1.29 is 0 Å². The van der Waals surface area contributed by atoms with Crippen molar-refractivity contribution in [3.05, 3.63) is 139 Å². The molecule has 3 nitrogen and oxygen atoms in total. The molecule has 0 amide bonds. The van der Waals surface area contributed by atoms with Crippen molar-refractivity contribution in [1.29, 1.82) is 0 Å². The highest BCUT2D eigenvalue weighted by Crippen LogP contribution is 2.50. The maximum Gasteiger partial charge on any atom is 0.164 e. The van der Waals surface area contributed by atoms with Crippen LogP contribution in [0.3, 0.4) is 0 Å². The lowest BCUT2D eigenvalue weighted by molar-refractivity contribution is 1.08. The third-order valence-electron chi connectivity index (χ3n) is 9.00. The van der Waals surface area contributed by atoms with E-state index >= 15 is 0 Å². The molecule has 0 fully saturated rings. The molecule has 0 radical (unpaired) electrons. The van der Waals surface area contributed by atoms with Crippen LogP contribution in [0.15, 0.2) is 127 Å². The number of aromatic nitrogens is 3. The van der Waals surface area contributed by atoms with Crippen molar-refractivity contribution in [3.63, 3.8) is 0 Å². The van der Waals surface area contributed by atoms with Crippen LogP contribution in [0.4, 0.5) is 0 Å². The molecule has 0 unspecified atom stereocenters. The normalized spacial score (nSPS) is 11.9. The molecule has 206 valence electrons. The summed E-state index contributed by atoms with van der Waals surface area (Å²) in [6, 6.07) is 45.6. The zero-order valence-electron chi connectivity index (χ0n) is 24.5. The Hall–Kier alpha value is -5.67. The first-order valence-corrected chi connectivity index (χ1v) is 15.0. The van der Waals surface area contributed by atoms with Gasteiger partial charge in [0, 0.05) is 16.7 Å². The first-order chi connectivity index (χ1) is 21.6. The highest BCUT2D eigenvalue weighted by Gasteiger charge is 2.24. The Morgan fingerprint density at radius 1 is 0.341 bits per heavy atom. The zero-order chi connectivity index (χ0) is 29.4. The first kappa shape index (κ1) is 24.9. The molecule has 1 aliphatic carbocycles. The van der Waals surface area contributed by atoms with E-state index in [-0.39, 0.29) is 0 Å². The monoisotopic (exact) mass is 561 g/mol. The summed E-state index contributed by atoms with van der Waals surface area (Å²) in [6.07, 6.45) is 0. The van der Waals surface area contributed by atoms with Crippen molar-refractivity contribution in [1.82, 2.24) is 15.0 Å². The van der Waals surface area contributed by atoms with E-state index in [4.69, 9.17) is 15.0 Å². The zero-order valence-corrected chi connectivity index (χ0v) is 24.5. The van der Waals surface area contributed by atoms with Gasteiger partial charge in [-0.1, -0.05) is 126 Å². The van der Waals surface area contributed by atoms with Crippen LogP contribution in [0.1, 0.15) is 11.1 Å². The average Bonchev–Trinajstić information content (AvgIpc) is 3.39. The van der Waals surface area contributed by atoms with Crippen LogP contribution in [0.5, 0.6) is 0 Å². The van der Waals surface area contributed by atoms with Gasteiger partial charge in [-0.15, -0.1) is 0 Å². The number of hydrogen-bond donors (Lipinski definition) is 0. The molecular weight excluding hydrogens is 534 g/mol. The molecule has 0 atom stereocenters. The largest absolute Gasteiger partial charge is 0.208 e. The van der Waals surface area contributed by atoms with Gasteiger partial charge in [0.1, 0.15) is 0 Å². The van der Waals surface area contributed by atoms with Gasteiger partial charge in [0.2, 0.25) is 0 Å². The van der Waals surface area contributed by atoms with Gasteiger partial charge in [-0.25, -0.2) is 15.0 Å². The number of benzene rings is 7. The van der Waals surface area contributed by atoms with Crippen molar-refractivity contribution in [2.45, 2.75) is 13.8 Å². The predicted molar refractivity (Wildman–Crippen MR) is 183 cm³/mol. The first-order valence-electron chi connectivity index (χ1n) is 15.0. The lowest BCUT2D eigenvalue weighted by atomic mass is 9.90. The van der Waals surface area contributed by atoms with Gasteiger partial charge >= 0.3 is 0 Å². The summed E-state index contributed by atoms with van der Waals surface area (Å²) >= 11 is 0. The Balaban J connectivity index is 1.37. The summed E-state index contributed by atoms with van der Waals surface area (Å²) in [5, 5.41) is 7.35. The Morgan fingerprint density at radius 3 is 1.48 bits per heavy atom. The summed E-state index contributed by atoms with van der Waals surface area (Å²) in [6.45, 7) is 4.19. The van der Waals surface area contributed by atoms with E-state index in [0.717, 1.165) is 22.1 Å². The lowest BCUT2D eigenvalue weighted by Gasteiger charge is -2.15. The molecule has 0 bridgehead atoms. The minimum Gasteiger partial charge on any atom is -0.208 e. The van der Waals surface area contributed by atoms with E-state index in [9.17, 15) is 0 Å². The Kier molecular flexibility index (Phi) is 5.33. The van der Waals surface area contributed by atoms with Gasteiger partial charge in [0.25, 0.3) is 0 Å². The molecule has 0 aliphatic heterocycles. The minimum absolute atomic E-state index is 0.672. The predicted octanol–water partition coefficient (Wildman–Crippen LogP) is 10.6. The Bertz CT molecular complexity index is 2380. The van der Waals surface area contributed by atoms with Crippen molar-refractivity contribution in [3.8, 4) is 56.4 Å². The third-order valence-corrected chi connectivity index (χ3v) is 9.00. The maximum absolute atomic E-state index is 5.14. The fourth-order valence-corrected chi connectivity index (χ4v) is 6.79. The second-order valence-electron chi connectivity index (χ2n) is 11.8. The fraction of sp³-hybridized carbons (Fsp3) is 0.0488. The number of nitrogens with zero attached hydrogens (tertiary/aromatic N) is 3. The topological polar surface area (TPSA) is 38.7 Å². The van der Waals surface area contributed by atoms with E-state index < -0.39 is 0 Å². The van der Waals surface area contributed by atoms with E-state index in [1.807, 2.05) is 0 Å². The van der Waals surface area contributed by atoms with Crippen LogP contribution in [-0.2, 0) is 0 Å². The van der Waals surface area contributed by atoms with Crippen LogP contribution in [0.25, 0.3) is 88.7 Å². The second kappa shape index (κ2) is 9.42. The number of aryl methyl sites for hydroxylation is 2. The third kappa shape index (κ3) is 3.73. The Morgan fingerprint density at radius 2 is 0.818 bits per heavy atom. The van der Waals surface area contributed by atoms with Crippen LogP contribution in [-0.4, -0.2) is 15.0 Å². The quantitative estimate of drug-likeness (QED) is 0.201. The molecule has 0 spiro atoms. The van der Waals surface area contributed by atoms with Gasteiger partial charge in [0.15, 0.2) is 17.5 Å². The van der Waals surface area contributed by atoms with E-state index in [2.05, 4.69) is 141 Å². The molecule has 44 heavy (non-hydrogen) atoms. The average molecular weight is 562 g/mol. The van der Waals surface area contributed by atoms with Crippen molar-refractivity contribution in [2.24, 2.45) is 0 Å². The van der Waals surface area contributed by atoms with Crippen LogP contribution < -0.4 is 0 Å². The maximum atomic E-state index is 5.14. The summed E-state index contributed by atoms with van der Waals surface area (Å²) < 4.78 is 0. The molecule has 1 aromatic heterocycles. The highest BCUT2D eigenvalue weighted by atomic mass is 15.0. The van der Waals surface area contributed by atoms with Gasteiger partial charge in [-0.05, 0) is 80.6 Å². The molecule has 0 N–H and O–H groups in total. The number of hydrogen-bond acceptors (Lipinski definition) is 3. The molecule has 1 aliphatic rings. The number of rotatable bonds is 3. The fourth-order valence-electron chi connectivity index (χ4n) is 6.79. The van der Waals surface area contributed by atoms with Gasteiger partial charge in [-0.2, -0.15) is 0 Å². The second-order valence-corrected chi connectivity index (χ2v) is 11.8. The van der Waals surface area contributed by atoms with Gasteiger partial charge in [-0.3, -0.25) is 0 Å². The van der Waals surface area contributed by atoms with Crippen molar-refractivity contribution >= 4 is 32.3 Å². The molecule has 1 heterocycles. The molecule has 8 aromatic rings. The Labute approximate surface area is 255 Å². The lowest BCUT2D eigenvalue weighted by Crippen LogP contribution is -2.01. The molecule has 3 heteroatoms. The summed E-state index contributed by atoms with van der Waals surface area (Å²) in [7, 11) is 0. The standard InChI is InChI=1S/C41H27N3/c1-24-14-18-26(19-15-24)39-42-40(27-20-16-25(2)17-21-27)44-41(43-39)37-23-35-33-13-7-12-32-28-8-3-5-10-30(28)36(38(32)33)22-34(35)29-9-4-6-11-31(29)37/h3-23H,1-2H3. The molecule has 0 saturated carbocycles. The summed E-state index contributed by atoms with van der Waals surface area (Å²) in [5.74, 6) is 2.02. The smallest absolute Gasteiger partial charge is 0.164 e. The van der Waals surface area contributed by atoms with Crippen molar-refractivity contribution in [2.75, 3.05) is 0 Å². The van der Waals surface area contributed by atoms with Crippen LogP contribution >= 0.6 is 0 Å². The van der Waals surface area contributed by atoms with Gasteiger partial charge < -0.3 is 0 Å². The highest BCUT2D eigenvalue weighted by molar-refractivity contribution is 6.28. The molecule has 0 saturated heterocycles. The summed E-state index contributed by atoms with van der Waals surface area (Å²) in [4.78, 5) is 15.3. The van der Waals surface area contributed by atoms with E-state index in [1.54, 1.807) is 0 Å². The summed E-state index contributed by atoms with van der Waals surface area (Å²) in [5.41, 5.74) is 10.6.